The molecule has 3 atom stereocenters. The predicted molar refractivity (Wildman–Crippen MR) is 137 cm³/mol. The van der Waals surface area contributed by atoms with Crippen molar-refractivity contribution in [1.82, 2.24) is 14.5 Å². The molecule has 2 aromatic carbocycles. The zero-order valence-electron chi connectivity index (χ0n) is 20.1. The number of benzene rings is 2. The highest BCUT2D eigenvalue weighted by atomic mass is 16.2. The van der Waals surface area contributed by atoms with Gasteiger partial charge in [-0.05, 0) is 50.5 Å². The molecule has 3 unspecified atom stereocenters. The molecule has 2 bridgehead atoms. The van der Waals surface area contributed by atoms with E-state index >= 15 is 0 Å². The zero-order valence-corrected chi connectivity index (χ0v) is 20.1. The standard InChI is InChI=1S/C28H31N5O2/c1-20-16-26(29-28(35)33(20)23-10-6-3-7-11-23)31-18-25-13-12-24(31)19-32(25)27(34)21-14-15-30(17-21)22-8-4-2-5-9-22/h2-11,16,21,24-25H,12-15,17-19H2,1H3. The van der Waals surface area contributed by atoms with Crippen LogP contribution in [-0.2, 0) is 4.79 Å². The number of para-hydroxylation sites is 2. The minimum Gasteiger partial charge on any atom is -0.371 e. The molecule has 3 aromatic rings. The molecule has 1 amide bonds. The van der Waals surface area contributed by atoms with Gasteiger partial charge in [-0.15, -0.1) is 0 Å². The number of aromatic nitrogens is 2. The van der Waals surface area contributed by atoms with Gasteiger partial charge >= 0.3 is 5.69 Å². The number of amides is 1. The van der Waals surface area contributed by atoms with Crippen LogP contribution >= 0.6 is 0 Å². The van der Waals surface area contributed by atoms with E-state index < -0.39 is 0 Å². The highest BCUT2D eigenvalue weighted by Crippen LogP contribution is 2.34. The van der Waals surface area contributed by atoms with Gasteiger partial charge in [-0.1, -0.05) is 36.4 Å². The van der Waals surface area contributed by atoms with Gasteiger partial charge in [-0.3, -0.25) is 9.36 Å². The molecule has 180 valence electrons. The summed E-state index contributed by atoms with van der Waals surface area (Å²) in [5.41, 5.74) is 2.63. The number of anilines is 2. The third-order valence-electron chi connectivity index (χ3n) is 7.87. The van der Waals surface area contributed by atoms with Crippen LogP contribution in [0.1, 0.15) is 25.0 Å². The van der Waals surface area contributed by atoms with E-state index in [4.69, 9.17) is 0 Å². The van der Waals surface area contributed by atoms with Crippen LogP contribution in [0.2, 0.25) is 0 Å². The van der Waals surface area contributed by atoms with Gasteiger partial charge in [0.1, 0.15) is 5.82 Å². The number of carbonyl (C=O) groups excluding carboxylic acids is 1. The van der Waals surface area contributed by atoms with Crippen LogP contribution in [0.5, 0.6) is 0 Å². The van der Waals surface area contributed by atoms with Crippen molar-refractivity contribution < 1.29 is 4.79 Å². The molecule has 1 aromatic heterocycles. The Balaban J connectivity index is 1.17. The molecule has 0 radical (unpaired) electrons. The molecule has 4 aliphatic heterocycles. The van der Waals surface area contributed by atoms with Crippen LogP contribution in [0.4, 0.5) is 11.5 Å². The largest absolute Gasteiger partial charge is 0.371 e. The van der Waals surface area contributed by atoms with Crippen molar-refractivity contribution in [3.8, 4) is 5.69 Å². The van der Waals surface area contributed by atoms with E-state index in [2.05, 4.69) is 43.9 Å². The van der Waals surface area contributed by atoms with Gasteiger partial charge in [0.05, 0.1) is 11.6 Å². The number of hydrogen-bond donors (Lipinski definition) is 0. The number of carbonyl (C=O) groups is 1. The minimum atomic E-state index is -0.257. The topological polar surface area (TPSA) is 61.7 Å². The number of piperazine rings is 1. The first kappa shape index (κ1) is 21.9. The molecule has 0 saturated carbocycles. The summed E-state index contributed by atoms with van der Waals surface area (Å²) >= 11 is 0. The van der Waals surface area contributed by atoms with Crippen LogP contribution < -0.4 is 15.5 Å². The Bertz CT molecular complexity index is 1280. The predicted octanol–water partition coefficient (Wildman–Crippen LogP) is 3.25. The third-order valence-corrected chi connectivity index (χ3v) is 7.87. The van der Waals surface area contributed by atoms with Gasteiger partial charge in [0.25, 0.3) is 0 Å². The lowest BCUT2D eigenvalue weighted by molar-refractivity contribution is -0.140. The quantitative estimate of drug-likeness (QED) is 0.587. The zero-order chi connectivity index (χ0) is 23.9. The Morgan fingerprint density at radius 1 is 0.857 bits per heavy atom. The molecule has 4 fully saturated rings. The van der Waals surface area contributed by atoms with Crippen LogP contribution in [0, 0.1) is 12.8 Å². The van der Waals surface area contributed by atoms with E-state index in [1.54, 1.807) is 4.57 Å². The monoisotopic (exact) mass is 469 g/mol. The second-order valence-corrected chi connectivity index (χ2v) is 10.0. The first-order chi connectivity index (χ1) is 17.1. The lowest BCUT2D eigenvalue weighted by Gasteiger charge is -2.52. The average molecular weight is 470 g/mol. The van der Waals surface area contributed by atoms with Gasteiger partial charge in [-0.25, -0.2) is 4.79 Å². The van der Waals surface area contributed by atoms with Crippen molar-refractivity contribution in [2.45, 2.75) is 38.3 Å². The molecular formula is C28H31N5O2. The summed E-state index contributed by atoms with van der Waals surface area (Å²) < 4.78 is 1.65. The molecule has 0 N–H and O–H groups in total. The average Bonchev–Trinajstić information content (AvgIpc) is 3.40. The van der Waals surface area contributed by atoms with Crippen LogP contribution in [-0.4, -0.2) is 58.6 Å². The van der Waals surface area contributed by atoms with Crippen molar-refractivity contribution in [3.05, 3.63) is 82.9 Å². The SMILES string of the molecule is Cc1cc(N2CC3CCC2CN3C(=O)C2CCN(c3ccccc3)C2)nc(=O)n1-c1ccccc1. The van der Waals surface area contributed by atoms with E-state index in [0.29, 0.717) is 12.5 Å². The van der Waals surface area contributed by atoms with Gasteiger partial charge in [0, 0.05) is 55.7 Å². The highest BCUT2D eigenvalue weighted by molar-refractivity contribution is 5.81. The van der Waals surface area contributed by atoms with Crippen LogP contribution in [0.25, 0.3) is 5.69 Å². The number of fused-ring (bicyclic) bond motifs is 3. The van der Waals surface area contributed by atoms with Crippen LogP contribution in [0.3, 0.4) is 0 Å². The van der Waals surface area contributed by atoms with Crippen molar-refractivity contribution in [1.29, 1.82) is 0 Å². The normalized spacial score (nSPS) is 23.7. The highest BCUT2D eigenvalue weighted by Gasteiger charge is 2.44. The Morgan fingerprint density at radius 2 is 1.54 bits per heavy atom. The molecule has 0 spiro atoms. The van der Waals surface area contributed by atoms with E-state index in [1.165, 1.54) is 5.69 Å². The molecule has 4 aliphatic rings. The van der Waals surface area contributed by atoms with E-state index in [0.717, 1.165) is 56.1 Å². The summed E-state index contributed by atoms with van der Waals surface area (Å²) in [7, 11) is 0. The summed E-state index contributed by atoms with van der Waals surface area (Å²) in [5.74, 6) is 1.08. The first-order valence-corrected chi connectivity index (χ1v) is 12.6. The van der Waals surface area contributed by atoms with Gasteiger partial charge in [0.15, 0.2) is 0 Å². The fourth-order valence-corrected chi connectivity index (χ4v) is 6.07. The Labute approximate surface area is 205 Å². The summed E-state index contributed by atoms with van der Waals surface area (Å²) in [4.78, 5) is 37.7. The lowest BCUT2D eigenvalue weighted by Crippen LogP contribution is -2.65. The maximum Gasteiger partial charge on any atom is 0.354 e. The molecule has 4 saturated heterocycles. The smallest absolute Gasteiger partial charge is 0.354 e. The second-order valence-electron chi connectivity index (χ2n) is 10.0. The van der Waals surface area contributed by atoms with Gasteiger partial charge in [0.2, 0.25) is 5.91 Å². The fourth-order valence-electron chi connectivity index (χ4n) is 6.07. The maximum atomic E-state index is 13.5. The van der Waals surface area contributed by atoms with Crippen molar-refractivity contribution in [2.75, 3.05) is 36.0 Å². The molecule has 7 heteroatoms. The van der Waals surface area contributed by atoms with E-state index in [9.17, 15) is 9.59 Å². The minimum absolute atomic E-state index is 0.0539. The Morgan fingerprint density at radius 3 is 2.20 bits per heavy atom. The second kappa shape index (κ2) is 8.87. The van der Waals surface area contributed by atoms with Crippen molar-refractivity contribution >= 4 is 17.4 Å². The number of piperidine rings is 2. The van der Waals surface area contributed by atoms with E-state index in [-0.39, 0.29) is 23.7 Å². The molecule has 7 rings (SSSR count). The Kier molecular flexibility index (Phi) is 5.55. The molecule has 0 aliphatic carbocycles. The molecule has 7 nitrogen and oxygen atoms in total. The van der Waals surface area contributed by atoms with E-state index in [1.807, 2.05) is 49.4 Å². The number of rotatable bonds is 4. The molecule has 35 heavy (non-hydrogen) atoms. The summed E-state index contributed by atoms with van der Waals surface area (Å²) in [6.45, 7) is 5.13. The summed E-state index contributed by atoms with van der Waals surface area (Å²) in [5, 5.41) is 0. The Hall–Kier alpha value is -3.61. The molecule has 5 heterocycles. The lowest BCUT2D eigenvalue weighted by atomic mass is 9.89. The number of aryl methyl sites for hydroxylation is 1. The van der Waals surface area contributed by atoms with Crippen molar-refractivity contribution in [2.24, 2.45) is 5.92 Å². The van der Waals surface area contributed by atoms with Gasteiger partial charge < -0.3 is 14.7 Å². The van der Waals surface area contributed by atoms with Gasteiger partial charge in [-0.2, -0.15) is 4.98 Å². The van der Waals surface area contributed by atoms with Crippen molar-refractivity contribution in [3.63, 3.8) is 0 Å². The maximum absolute atomic E-state index is 13.5. The molecular weight excluding hydrogens is 438 g/mol. The summed E-state index contributed by atoms with van der Waals surface area (Å²) in [6, 6.07) is 22.4. The number of hydrogen-bond acceptors (Lipinski definition) is 5. The first-order valence-electron chi connectivity index (χ1n) is 12.6. The summed E-state index contributed by atoms with van der Waals surface area (Å²) in [6.07, 6.45) is 2.95. The number of nitrogens with zero attached hydrogens (tertiary/aromatic N) is 5. The van der Waals surface area contributed by atoms with Crippen LogP contribution in [0.15, 0.2) is 71.5 Å². The third kappa shape index (κ3) is 3.99. The fraction of sp³-hybridized carbons (Fsp3) is 0.393.